The van der Waals surface area contributed by atoms with Gasteiger partial charge in [0.1, 0.15) is 5.00 Å². The van der Waals surface area contributed by atoms with E-state index >= 15 is 0 Å². The Morgan fingerprint density at radius 1 is 1.05 bits per heavy atom. The summed E-state index contributed by atoms with van der Waals surface area (Å²) in [6.45, 7) is 0.905. The maximum atomic E-state index is 12.9. The van der Waals surface area contributed by atoms with E-state index in [1.54, 1.807) is 24.2 Å². The Kier molecular flexibility index (Phi) is 8.88. The van der Waals surface area contributed by atoms with Crippen molar-refractivity contribution in [1.82, 2.24) is 4.90 Å². The van der Waals surface area contributed by atoms with E-state index in [-0.39, 0.29) is 35.3 Å². The summed E-state index contributed by atoms with van der Waals surface area (Å²) >= 11 is 1.43. The molecule has 0 bridgehead atoms. The third-order valence-electron chi connectivity index (χ3n) is 6.34. The minimum atomic E-state index is -3.34. The second kappa shape index (κ2) is 12.3. The van der Waals surface area contributed by atoms with Crippen LogP contribution in [0.5, 0.6) is 0 Å². The Balaban J connectivity index is 1.39. The number of Topliss-reactive ketones (excluding diaryl/α,β-unsaturated/α-hetero) is 1. The number of fused-ring (bicyclic) bond motifs is 1. The molecule has 0 atom stereocenters. The first-order valence-corrected chi connectivity index (χ1v) is 15.1. The van der Waals surface area contributed by atoms with E-state index < -0.39 is 9.84 Å². The molecule has 0 fully saturated rings. The second-order valence-electron chi connectivity index (χ2n) is 9.15. The van der Waals surface area contributed by atoms with E-state index in [1.165, 1.54) is 41.7 Å². The summed E-state index contributed by atoms with van der Waals surface area (Å²) in [5.41, 5.74) is 3.23. The topological polar surface area (TPSA) is 113 Å². The van der Waals surface area contributed by atoms with E-state index in [4.69, 9.17) is 0 Å². The van der Waals surface area contributed by atoms with Crippen LogP contribution in [0.1, 0.15) is 44.8 Å². The van der Waals surface area contributed by atoms with Crippen LogP contribution >= 0.6 is 11.3 Å². The number of nitrogens with one attached hydrogen (secondary N) is 1. The predicted molar refractivity (Wildman–Crippen MR) is 154 cm³/mol. The first kappa shape index (κ1) is 28.1. The van der Waals surface area contributed by atoms with Crippen LogP contribution in [-0.4, -0.2) is 57.0 Å². The minimum absolute atomic E-state index is 0.0354. The summed E-state index contributed by atoms with van der Waals surface area (Å²) in [4.78, 5) is 45.1. The number of thiophene rings is 1. The van der Waals surface area contributed by atoms with Crippen molar-refractivity contribution in [3.63, 3.8) is 0 Å². The van der Waals surface area contributed by atoms with Crippen LogP contribution in [0.3, 0.4) is 0 Å². The van der Waals surface area contributed by atoms with E-state index in [0.29, 0.717) is 30.1 Å². The lowest BCUT2D eigenvalue weighted by Crippen LogP contribution is -2.35. The zero-order valence-electron chi connectivity index (χ0n) is 21.7. The monoisotopic (exact) mass is 563 g/mol. The molecule has 0 saturated heterocycles. The molecular weight excluding hydrogens is 534 g/mol. The molecule has 0 unspecified atom stereocenters. The Hall–Kier alpha value is -3.89. The minimum Gasteiger partial charge on any atom is -0.337 e. The van der Waals surface area contributed by atoms with E-state index in [9.17, 15) is 22.8 Å². The molecule has 1 aliphatic heterocycles. The number of amides is 2. The molecule has 202 valence electrons. The highest BCUT2D eigenvalue weighted by Gasteiger charge is 2.27. The van der Waals surface area contributed by atoms with Gasteiger partial charge in [0.2, 0.25) is 11.8 Å². The van der Waals surface area contributed by atoms with E-state index in [0.717, 1.165) is 27.8 Å². The first-order chi connectivity index (χ1) is 18.7. The fourth-order valence-electron chi connectivity index (χ4n) is 4.30. The smallest absolute Gasteiger partial charge is 0.249 e. The van der Waals surface area contributed by atoms with Crippen LogP contribution < -0.4 is 5.32 Å². The quantitative estimate of drug-likeness (QED) is 0.236. The fourth-order valence-corrected chi connectivity index (χ4v) is 6.17. The highest BCUT2D eigenvalue weighted by Crippen LogP contribution is 2.36. The zero-order valence-corrected chi connectivity index (χ0v) is 23.3. The third-order valence-corrected chi connectivity index (χ3v) is 8.62. The molecule has 8 nitrogen and oxygen atoms in total. The Morgan fingerprint density at radius 3 is 2.44 bits per heavy atom. The number of rotatable bonds is 9. The third kappa shape index (κ3) is 7.15. The van der Waals surface area contributed by atoms with Gasteiger partial charge in [0.15, 0.2) is 15.6 Å². The number of aliphatic imine (C=N–C) groups is 1. The zero-order chi connectivity index (χ0) is 28.0. The van der Waals surface area contributed by atoms with Crippen LogP contribution in [0.2, 0.25) is 0 Å². The molecule has 1 aromatic heterocycles. The molecule has 0 radical (unpaired) electrons. The van der Waals surface area contributed by atoms with Gasteiger partial charge in [-0.25, -0.2) is 8.42 Å². The van der Waals surface area contributed by atoms with Crippen molar-refractivity contribution in [2.75, 3.05) is 25.2 Å². The molecule has 4 rings (SSSR count). The number of ketones is 1. The van der Waals surface area contributed by atoms with E-state index in [1.807, 2.05) is 30.3 Å². The van der Waals surface area contributed by atoms with Gasteiger partial charge in [-0.2, -0.15) is 0 Å². The summed E-state index contributed by atoms with van der Waals surface area (Å²) in [6.07, 6.45) is 6.80. The molecule has 0 aliphatic carbocycles. The van der Waals surface area contributed by atoms with Crippen molar-refractivity contribution in [1.29, 1.82) is 0 Å². The molecule has 39 heavy (non-hydrogen) atoms. The molecule has 0 saturated carbocycles. The number of nitrogens with zero attached hydrogens (tertiary/aromatic N) is 2. The lowest BCUT2D eigenvalue weighted by atomic mass is 10.0. The number of anilines is 1. The van der Waals surface area contributed by atoms with Crippen molar-refractivity contribution in [2.45, 2.75) is 30.7 Å². The fraction of sp³-hybridized carbons (Fsp3) is 0.241. The number of carbonyl (C=O) groups excluding carboxylic acids is 3. The van der Waals surface area contributed by atoms with Gasteiger partial charge in [-0.3, -0.25) is 19.4 Å². The number of hydrogen-bond donors (Lipinski definition) is 1. The van der Waals surface area contributed by atoms with Crippen molar-refractivity contribution in [3.05, 3.63) is 87.8 Å². The summed E-state index contributed by atoms with van der Waals surface area (Å²) in [5, 5.41) is 3.64. The lowest BCUT2D eigenvalue weighted by molar-refractivity contribution is -0.132. The van der Waals surface area contributed by atoms with Gasteiger partial charge in [0.25, 0.3) is 0 Å². The predicted octanol–water partition coefficient (Wildman–Crippen LogP) is 4.40. The molecule has 0 spiro atoms. The lowest BCUT2D eigenvalue weighted by Gasteiger charge is -2.27. The number of sulfone groups is 1. The summed E-state index contributed by atoms with van der Waals surface area (Å²) < 4.78 is 23.2. The van der Waals surface area contributed by atoms with E-state index in [2.05, 4.69) is 10.3 Å². The maximum Gasteiger partial charge on any atom is 0.249 e. The first-order valence-electron chi connectivity index (χ1n) is 12.4. The summed E-state index contributed by atoms with van der Waals surface area (Å²) in [6, 6.07) is 15.3. The van der Waals surface area contributed by atoms with Crippen molar-refractivity contribution in [3.8, 4) is 0 Å². The van der Waals surface area contributed by atoms with Gasteiger partial charge in [-0.15, -0.1) is 11.3 Å². The second-order valence-corrected chi connectivity index (χ2v) is 12.3. The van der Waals surface area contributed by atoms with Gasteiger partial charge < -0.3 is 10.2 Å². The van der Waals surface area contributed by atoms with Crippen molar-refractivity contribution in [2.24, 2.45) is 4.99 Å². The average Bonchev–Trinajstić information content (AvgIpc) is 3.26. The Morgan fingerprint density at radius 2 is 1.77 bits per heavy atom. The van der Waals surface area contributed by atoms with Crippen LogP contribution in [0.25, 0.3) is 6.08 Å². The van der Waals surface area contributed by atoms with Gasteiger partial charge in [0, 0.05) is 61.0 Å². The summed E-state index contributed by atoms with van der Waals surface area (Å²) in [7, 11) is -1.67. The number of carbonyl (C=O) groups is 3. The largest absolute Gasteiger partial charge is 0.337 e. The average molecular weight is 564 g/mol. The number of benzene rings is 2. The molecule has 1 aliphatic rings. The van der Waals surface area contributed by atoms with Gasteiger partial charge in [-0.05, 0) is 35.8 Å². The van der Waals surface area contributed by atoms with Crippen molar-refractivity contribution >= 4 is 56.1 Å². The Bertz CT molecular complexity index is 1540. The Labute approximate surface area is 232 Å². The summed E-state index contributed by atoms with van der Waals surface area (Å²) in [5.74, 6) is -0.594. The number of hydrogen-bond acceptors (Lipinski definition) is 7. The molecule has 2 aromatic carbocycles. The highest BCUT2D eigenvalue weighted by molar-refractivity contribution is 7.90. The van der Waals surface area contributed by atoms with Crippen LogP contribution in [0, 0.1) is 0 Å². The van der Waals surface area contributed by atoms with Crippen LogP contribution in [0.4, 0.5) is 5.00 Å². The van der Waals surface area contributed by atoms with Gasteiger partial charge in [0.05, 0.1) is 11.4 Å². The molecule has 2 amide bonds. The van der Waals surface area contributed by atoms with Crippen LogP contribution in [-0.2, 0) is 32.4 Å². The van der Waals surface area contributed by atoms with Gasteiger partial charge >= 0.3 is 0 Å². The molecule has 3 aromatic rings. The van der Waals surface area contributed by atoms with Crippen LogP contribution in [0.15, 0.2) is 70.6 Å². The standard InChI is InChI=1S/C29H29N3O5S2/c1-30-18-24-23-16-17-32(28(35)15-13-25(33)21-9-11-22(12-10-21)39(2,36)37)19-26(23)38-29(24)31-27(34)14-8-20-6-4-3-5-7-20/h3-12,14,18H,13,15-17,19H2,1-2H3,(H,31,34)/b14-8+,30-18?. The molecule has 10 heteroatoms. The van der Waals surface area contributed by atoms with Crippen molar-refractivity contribution < 1.29 is 22.8 Å². The normalized spacial score (nSPS) is 13.5. The molecule has 2 heterocycles. The van der Waals surface area contributed by atoms with Gasteiger partial charge in [-0.1, -0.05) is 42.5 Å². The molecular formula is C29H29N3O5S2. The maximum absolute atomic E-state index is 12.9. The highest BCUT2D eigenvalue weighted by atomic mass is 32.2. The SMILES string of the molecule is CN=Cc1c(NC(=O)/C=C/c2ccccc2)sc2c1CCN(C(=O)CCC(=O)c1ccc(S(C)(=O)=O)cc1)C2. The molecule has 1 N–H and O–H groups in total.